The lowest BCUT2D eigenvalue weighted by Gasteiger charge is -2.16. The molecule has 27 heavy (non-hydrogen) atoms. The fraction of sp³-hybridized carbons (Fsp3) is 0.158. The molecule has 0 spiro atoms. The predicted molar refractivity (Wildman–Crippen MR) is 103 cm³/mol. The summed E-state index contributed by atoms with van der Waals surface area (Å²) in [5.41, 5.74) is 0.811. The number of aromatic amines is 2. The van der Waals surface area contributed by atoms with Crippen LogP contribution in [0.1, 0.15) is 19.4 Å². The molecule has 1 unspecified atom stereocenters. The first kappa shape index (κ1) is 16.8. The van der Waals surface area contributed by atoms with Crippen molar-refractivity contribution in [3.63, 3.8) is 0 Å². The van der Waals surface area contributed by atoms with Gasteiger partial charge in [-0.1, -0.05) is 31.2 Å². The highest BCUT2D eigenvalue weighted by atomic mass is 16.2. The summed E-state index contributed by atoms with van der Waals surface area (Å²) in [6.07, 6.45) is 0.271. The second-order valence-corrected chi connectivity index (χ2v) is 6.17. The number of rotatable bonds is 4. The van der Waals surface area contributed by atoms with Gasteiger partial charge in [-0.15, -0.1) is 0 Å². The van der Waals surface area contributed by atoms with Crippen LogP contribution in [0.15, 0.2) is 58.1 Å². The molecule has 8 heteroatoms. The number of imidazole rings is 1. The summed E-state index contributed by atoms with van der Waals surface area (Å²) >= 11 is 0. The van der Waals surface area contributed by atoms with Gasteiger partial charge in [0.05, 0.1) is 21.9 Å². The minimum Gasteiger partial charge on any atom is -0.324 e. The summed E-state index contributed by atoms with van der Waals surface area (Å²) in [7, 11) is 0. The maximum Gasteiger partial charge on any atom is 0.329 e. The van der Waals surface area contributed by atoms with Crippen molar-refractivity contribution in [1.82, 2.24) is 19.5 Å². The average molecular weight is 363 g/mol. The van der Waals surface area contributed by atoms with E-state index in [0.717, 1.165) is 10.1 Å². The molecule has 136 valence electrons. The smallest absolute Gasteiger partial charge is 0.324 e. The second kappa shape index (κ2) is 6.56. The van der Waals surface area contributed by atoms with Gasteiger partial charge in [-0.25, -0.2) is 14.3 Å². The van der Waals surface area contributed by atoms with E-state index in [4.69, 9.17) is 0 Å². The number of para-hydroxylation sites is 3. The van der Waals surface area contributed by atoms with Crippen LogP contribution in [-0.4, -0.2) is 25.4 Å². The Balaban J connectivity index is 1.73. The van der Waals surface area contributed by atoms with Crippen LogP contribution < -0.4 is 16.6 Å². The van der Waals surface area contributed by atoms with Crippen molar-refractivity contribution in [3.05, 3.63) is 69.4 Å². The van der Waals surface area contributed by atoms with E-state index in [1.807, 2.05) is 24.3 Å². The largest absolute Gasteiger partial charge is 0.329 e. The highest BCUT2D eigenvalue weighted by Crippen LogP contribution is 2.16. The zero-order chi connectivity index (χ0) is 19.0. The molecule has 0 fully saturated rings. The van der Waals surface area contributed by atoms with Crippen molar-refractivity contribution in [3.8, 4) is 0 Å². The predicted octanol–water partition coefficient (Wildman–Crippen LogP) is 2.16. The summed E-state index contributed by atoms with van der Waals surface area (Å²) in [6, 6.07) is 13.1. The van der Waals surface area contributed by atoms with Crippen molar-refractivity contribution >= 4 is 33.8 Å². The number of aromatic nitrogens is 4. The van der Waals surface area contributed by atoms with Crippen molar-refractivity contribution in [2.45, 2.75) is 19.4 Å². The molecule has 4 aromatic rings. The van der Waals surface area contributed by atoms with Gasteiger partial charge in [0.1, 0.15) is 6.04 Å². The summed E-state index contributed by atoms with van der Waals surface area (Å²) in [6.45, 7) is 1.74. The van der Waals surface area contributed by atoms with Gasteiger partial charge < -0.3 is 9.97 Å². The molecule has 8 nitrogen and oxygen atoms in total. The van der Waals surface area contributed by atoms with E-state index in [-0.39, 0.29) is 12.4 Å². The van der Waals surface area contributed by atoms with Gasteiger partial charge >= 0.3 is 5.69 Å². The number of H-pyrrole nitrogens is 2. The van der Waals surface area contributed by atoms with Gasteiger partial charge in [0.15, 0.2) is 0 Å². The summed E-state index contributed by atoms with van der Waals surface area (Å²) < 4.78 is 0.959. The molecule has 0 saturated carbocycles. The molecule has 1 amide bonds. The van der Waals surface area contributed by atoms with E-state index in [2.05, 4.69) is 20.3 Å². The van der Waals surface area contributed by atoms with Crippen molar-refractivity contribution < 1.29 is 4.79 Å². The molecule has 0 radical (unpaired) electrons. The molecule has 3 N–H and O–H groups in total. The lowest BCUT2D eigenvalue weighted by molar-refractivity contribution is -0.119. The van der Waals surface area contributed by atoms with E-state index in [9.17, 15) is 14.4 Å². The molecule has 1 atom stereocenters. The fourth-order valence-electron chi connectivity index (χ4n) is 3.16. The van der Waals surface area contributed by atoms with E-state index in [1.165, 1.54) is 0 Å². The van der Waals surface area contributed by atoms with Crippen molar-refractivity contribution in [2.24, 2.45) is 0 Å². The Labute approximate surface area is 152 Å². The Hall–Kier alpha value is -3.68. The van der Waals surface area contributed by atoms with Gasteiger partial charge in [0.25, 0.3) is 5.56 Å². The number of fused-ring (bicyclic) bond motifs is 2. The van der Waals surface area contributed by atoms with Crippen molar-refractivity contribution in [2.75, 3.05) is 5.32 Å². The summed E-state index contributed by atoms with van der Waals surface area (Å²) in [5.74, 6) is -0.218. The number of hydrogen-bond acceptors (Lipinski definition) is 4. The quantitative estimate of drug-likeness (QED) is 0.516. The number of benzene rings is 2. The number of anilines is 1. The standard InChI is InChI=1S/C19H17N5O3/c1-2-15(16(25)23-18-20-13-9-5-6-10-14(13)21-18)24-17(26)11-7-3-4-8-12(11)22-19(24)27/h3-10,15H,2H2,1H3,(H,22,27)(H2,20,21,23,25). The molecular formula is C19H17N5O3. The Morgan fingerprint density at radius 2 is 1.78 bits per heavy atom. The zero-order valence-electron chi connectivity index (χ0n) is 14.5. The number of nitrogens with zero attached hydrogens (tertiary/aromatic N) is 2. The first-order valence-corrected chi connectivity index (χ1v) is 8.57. The topological polar surface area (TPSA) is 113 Å². The first-order chi connectivity index (χ1) is 13.1. The molecule has 2 aromatic carbocycles. The van der Waals surface area contributed by atoms with Crippen LogP contribution in [0.4, 0.5) is 5.95 Å². The monoisotopic (exact) mass is 363 g/mol. The van der Waals surface area contributed by atoms with Gasteiger partial charge in [-0.3, -0.25) is 14.9 Å². The van der Waals surface area contributed by atoms with Crippen LogP contribution in [0.3, 0.4) is 0 Å². The lowest BCUT2D eigenvalue weighted by atomic mass is 10.2. The second-order valence-electron chi connectivity index (χ2n) is 6.17. The fourth-order valence-corrected chi connectivity index (χ4v) is 3.16. The van der Waals surface area contributed by atoms with Gasteiger partial charge in [-0.2, -0.15) is 0 Å². The van der Waals surface area contributed by atoms with Crippen LogP contribution in [0.2, 0.25) is 0 Å². The number of hydrogen-bond donors (Lipinski definition) is 3. The Bertz CT molecular complexity index is 1230. The molecule has 0 aliphatic heterocycles. The highest BCUT2D eigenvalue weighted by molar-refractivity contribution is 5.94. The third-order valence-corrected chi connectivity index (χ3v) is 4.47. The summed E-state index contributed by atoms with van der Waals surface area (Å²) in [5, 5.41) is 3.02. The van der Waals surface area contributed by atoms with Crippen LogP contribution in [0.25, 0.3) is 21.9 Å². The van der Waals surface area contributed by atoms with Crippen molar-refractivity contribution in [1.29, 1.82) is 0 Å². The zero-order valence-corrected chi connectivity index (χ0v) is 14.5. The number of carbonyl (C=O) groups is 1. The third kappa shape index (κ3) is 2.91. The third-order valence-electron chi connectivity index (χ3n) is 4.47. The molecule has 0 aliphatic carbocycles. The van der Waals surface area contributed by atoms with E-state index >= 15 is 0 Å². The molecule has 2 heterocycles. The Kier molecular flexibility index (Phi) is 4.08. The first-order valence-electron chi connectivity index (χ1n) is 8.57. The Morgan fingerprint density at radius 1 is 1.07 bits per heavy atom. The SMILES string of the molecule is CCC(C(=O)Nc1nc2ccccc2[nH]1)n1c(=O)[nH]c2ccccc2c1=O. The van der Waals surface area contributed by atoms with E-state index in [1.54, 1.807) is 31.2 Å². The number of carbonyl (C=O) groups excluding carboxylic acids is 1. The Morgan fingerprint density at radius 3 is 2.52 bits per heavy atom. The maximum absolute atomic E-state index is 12.8. The lowest BCUT2D eigenvalue weighted by Crippen LogP contribution is -2.42. The van der Waals surface area contributed by atoms with E-state index in [0.29, 0.717) is 16.4 Å². The minimum atomic E-state index is -0.959. The normalized spacial score (nSPS) is 12.3. The van der Waals surface area contributed by atoms with Gasteiger partial charge in [0, 0.05) is 0 Å². The molecule has 4 rings (SSSR count). The average Bonchev–Trinajstić information content (AvgIpc) is 3.07. The number of nitrogens with one attached hydrogen (secondary N) is 3. The molecule has 0 aliphatic rings. The molecule has 0 saturated heterocycles. The maximum atomic E-state index is 12.8. The highest BCUT2D eigenvalue weighted by Gasteiger charge is 2.24. The van der Waals surface area contributed by atoms with Gasteiger partial charge in [-0.05, 0) is 30.7 Å². The van der Waals surface area contributed by atoms with Crippen LogP contribution in [0, 0.1) is 0 Å². The summed E-state index contributed by atoms with van der Waals surface area (Å²) in [4.78, 5) is 48.0. The van der Waals surface area contributed by atoms with Crippen LogP contribution in [0.5, 0.6) is 0 Å². The van der Waals surface area contributed by atoms with Crippen LogP contribution in [-0.2, 0) is 4.79 Å². The molecule has 0 bridgehead atoms. The van der Waals surface area contributed by atoms with E-state index < -0.39 is 23.2 Å². The number of amides is 1. The van der Waals surface area contributed by atoms with Crippen LogP contribution >= 0.6 is 0 Å². The minimum absolute atomic E-state index is 0.268. The van der Waals surface area contributed by atoms with Gasteiger partial charge in [0.2, 0.25) is 11.9 Å². The molecular weight excluding hydrogens is 346 g/mol. The molecule has 2 aromatic heterocycles.